The first-order chi connectivity index (χ1) is 10.0. The zero-order chi connectivity index (χ0) is 15.3. The quantitative estimate of drug-likeness (QED) is 0.846. The molecule has 1 heterocycles. The van der Waals surface area contributed by atoms with Crippen molar-refractivity contribution in [2.24, 2.45) is 0 Å². The van der Waals surface area contributed by atoms with Crippen molar-refractivity contribution in [1.82, 2.24) is 9.62 Å². The third kappa shape index (κ3) is 4.51. The fourth-order valence-corrected chi connectivity index (χ4v) is 3.36. The number of benzene rings is 1. The molecule has 0 spiro atoms. The van der Waals surface area contributed by atoms with E-state index in [1.54, 1.807) is 31.3 Å². The van der Waals surface area contributed by atoms with Crippen molar-refractivity contribution in [2.45, 2.75) is 11.9 Å². The van der Waals surface area contributed by atoms with Gasteiger partial charge in [0.25, 0.3) is 0 Å². The van der Waals surface area contributed by atoms with Gasteiger partial charge in [-0.2, -0.15) is 5.26 Å². The van der Waals surface area contributed by atoms with E-state index < -0.39 is 10.0 Å². The van der Waals surface area contributed by atoms with Gasteiger partial charge in [0.2, 0.25) is 10.0 Å². The Hall–Kier alpha value is -1.46. The van der Waals surface area contributed by atoms with Crippen LogP contribution >= 0.6 is 0 Å². The van der Waals surface area contributed by atoms with E-state index in [2.05, 4.69) is 5.32 Å². The van der Waals surface area contributed by atoms with Crippen LogP contribution in [0.25, 0.3) is 0 Å². The van der Waals surface area contributed by atoms with Gasteiger partial charge in [-0.3, -0.25) is 0 Å². The summed E-state index contributed by atoms with van der Waals surface area (Å²) in [4.78, 5) is 0. The maximum absolute atomic E-state index is 12.3. The van der Waals surface area contributed by atoms with Gasteiger partial charge in [-0.05, 0) is 17.7 Å². The second-order valence-corrected chi connectivity index (χ2v) is 7.12. The highest BCUT2D eigenvalue weighted by molar-refractivity contribution is 7.88. The molecule has 1 aliphatic heterocycles. The van der Waals surface area contributed by atoms with Crippen LogP contribution in [0.5, 0.6) is 0 Å². The van der Waals surface area contributed by atoms with Crippen LogP contribution in [0.15, 0.2) is 24.3 Å². The Labute approximate surface area is 125 Å². The predicted octanol–water partition coefficient (Wildman–Crippen LogP) is 0.308. The molecule has 21 heavy (non-hydrogen) atoms. The minimum absolute atomic E-state index is 0.0741. The molecule has 7 heteroatoms. The first-order valence-corrected chi connectivity index (χ1v) is 8.37. The van der Waals surface area contributed by atoms with Crippen LogP contribution < -0.4 is 5.32 Å². The summed E-state index contributed by atoms with van der Waals surface area (Å²) in [6.07, 6.45) is -0.112. The van der Waals surface area contributed by atoms with E-state index in [1.807, 2.05) is 6.07 Å². The minimum atomic E-state index is -3.39. The molecule has 114 valence electrons. The molecule has 0 aliphatic carbocycles. The number of likely N-dealkylation sites (N-methyl/N-ethyl adjacent to an activating group) is 1. The Morgan fingerprint density at radius 3 is 2.71 bits per heavy atom. The van der Waals surface area contributed by atoms with Gasteiger partial charge >= 0.3 is 0 Å². The molecule has 1 aromatic carbocycles. The molecule has 1 saturated heterocycles. The summed E-state index contributed by atoms with van der Waals surface area (Å²) < 4.78 is 31.5. The molecule has 1 unspecified atom stereocenters. The molecule has 1 aliphatic rings. The standard InChI is InChI=1S/C14H19N3O3S/c1-17(10-14-9-16-6-7-20-14)21(18,19)11-13-4-2-12(8-15)3-5-13/h2-5,14,16H,6-7,9-11H2,1H3. The number of nitrogens with zero attached hydrogens (tertiary/aromatic N) is 2. The number of nitriles is 1. The lowest BCUT2D eigenvalue weighted by molar-refractivity contribution is 0.0206. The van der Waals surface area contributed by atoms with Crippen molar-refractivity contribution in [1.29, 1.82) is 5.26 Å². The van der Waals surface area contributed by atoms with Gasteiger partial charge in [-0.25, -0.2) is 12.7 Å². The van der Waals surface area contributed by atoms with E-state index in [1.165, 1.54) is 4.31 Å². The van der Waals surface area contributed by atoms with E-state index in [0.717, 1.165) is 6.54 Å². The third-order valence-electron chi connectivity index (χ3n) is 3.37. The van der Waals surface area contributed by atoms with E-state index in [-0.39, 0.29) is 11.9 Å². The molecule has 0 saturated carbocycles. The van der Waals surface area contributed by atoms with Crippen LogP contribution in [-0.4, -0.2) is 52.1 Å². The number of rotatable bonds is 5. The number of sulfonamides is 1. The van der Waals surface area contributed by atoms with Crippen molar-refractivity contribution in [3.8, 4) is 6.07 Å². The van der Waals surface area contributed by atoms with Gasteiger partial charge in [-0.15, -0.1) is 0 Å². The number of hydrogen-bond acceptors (Lipinski definition) is 5. The number of ether oxygens (including phenoxy) is 1. The summed E-state index contributed by atoms with van der Waals surface area (Å²) in [5.41, 5.74) is 1.19. The maximum atomic E-state index is 12.3. The summed E-state index contributed by atoms with van der Waals surface area (Å²) in [5, 5.41) is 11.9. The Morgan fingerprint density at radius 2 is 2.14 bits per heavy atom. The third-order valence-corrected chi connectivity index (χ3v) is 5.17. The van der Waals surface area contributed by atoms with Gasteiger partial charge in [0.15, 0.2) is 0 Å². The molecule has 6 nitrogen and oxygen atoms in total. The Morgan fingerprint density at radius 1 is 1.43 bits per heavy atom. The molecule has 1 N–H and O–H groups in total. The summed E-state index contributed by atoms with van der Waals surface area (Å²) in [6.45, 7) is 2.41. The lowest BCUT2D eigenvalue weighted by Gasteiger charge is -2.27. The first kappa shape index (κ1) is 15.9. The number of nitrogens with one attached hydrogen (secondary N) is 1. The van der Waals surface area contributed by atoms with Crippen LogP contribution in [0.1, 0.15) is 11.1 Å². The van der Waals surface area contributed by atoms with Gasteiger partial charge < -0.3 is 10.1 Å². The molecule has 2 rings (SSSR count). The summed E-state index contributed by atoms with van der Waals surface area (Å²) in [5.74, 6) is -0.0741. The zero-order valence-electron chi connectivity index (χ0n) is 11.9. The Balaban J connectivity index is 1.97. The average Bonchev–Trinajstić information content (AvgIpc) is 2.48. The number of hydrogen-bond donors (Lipinski definition) is 1. The first-order valence-electron chi connectivity index (χ1n) is 6.76. The molecule has 0 amide bonds. The lowest BCUT2D eigenvalue weighted by Crippen LogP contribution is -2.45. The predicted molar refractivity (Wildman–Crippen MR) is 79.0 cm³/mol. The van der Waals surface area contributed by atoms with Gasteiger partial charge in [0.1, 0.15) is 0 Å². The highest BCUT2D eigenvalue weighted by Crippen LogP contribution is 2.12. The number of morpholine rings is 1. The highest BCUT2D eigenvalue weighted by Gasteiger charge is 2.23. The monoisotopic (exact) mass is 309 g/mol. The van der Waals surface area contributed by atoms with Crippen LogP contribution in [0.2, 0.25) is 0 Å². The van der Waals surface area contributed by atoms with Gasteiger partial charge in [0.05, 0.1) is 30.1 Å². The normalized spacial score (nSPS) is 19.4. The molecule has 1 aromatic rings. The van der Waals surface area contributed by atoms with E-state index in [9.17, 15) is 8.42 Å². The van der Waals surface area contributed by atoms with Crippen LogP contribution in [0.4, 0.5) is 0 Å². The van der Waals surface area contributed by atoms with Crippen molar-refractivity contribution < 1.29 is 13.2 Å². The van der Waals surface area contributed by atoms with E-state index in [4.69, 9.17) is 10.00 Å². The SMILES string of the molecule is CN(CC1CNCCO1)S(=O)(=O)Cc1ccc(C#N)cc1. The molecular weight excluding hydrogens is 290 g/mol. The second kappa shape index (κ2) is 7.00. The van der Waals surface area contributed by atoms with Gasteiger partial charge in [0, 0.05) is 26.7 Å². The van der Waals surface area contributed by atoms with Gasteiger partial charge in [-0.1, -0.05) is 12.1 Å². The van der Waals surface area contributed by atoms with Crippen LogP contribution in [0, 0.1) is 11.3 Å². The van der Waals surface area contributed by atoms with Crippen molar-refractivity contribution in [3.05, 3.63) is 35.4 Å². The largest absolute Gasteiger partial charge is 0.374 e. The lowest BCUT2D eigenvalue weighted by atomic mass is 10.2. The molecule has 0 aromatic heterocycles. The molecule has 0 radical (unpaired) electrons. The second-order valence-electron chi connectivity index (χ2n) is 5.04. The zero-order valence-corrected chi connectivity index (χ0v) is 12.8. The van der Waals surface area contributed by atoms with E-state index in [0.29, 0.717) is 30.8 Å². The van der Waals surface area contributed by atoms with Crippen molar-refractivity contribution in [3.63, 3.8) is 0 Å². The molecular formula is C14H19N3O3S. The van der Waals surface area contributed by atoms with Crippen LogP contribution in [0.3, 0.4) is 0 Å². The topological polar surface area (TPSA) is 82.4 Å². The fraction of sp³-hybridized carbons (Fsp3) is 0.500. The fourth-order valence-electron chi connectivity index (χ4n) is 2.13. The van der Waals surface area contributed by atoms with Crippen LogP contribution in [-0.2, 0) is 20.5 Å². The summed E-state index contributed by atoms with van der Waals surface area (Å²) >= 11 is 0. The Bertz CT molecular complexity index is 601. The summed E-state index contributed by atoms with van der Waals surface area (Å²) in [7, 11) is -1.82. The molecule has 1 atom stereocenters. The van der Waals surface area contributed by atoms with Crippen molar-refractivity contribution >= 4 is 10.0 Å². The van der Waals surface area contributed by atoms with Crippen molar-refractivity contribution in [2.75, 3.05) is 33.3 Å². The molecule has 0 bridgehead atoms. The molecule has 1 fully saturated rings. The Kier molecular flexibility index (Phi) is 5.31. The summed E-state index contributed by atoms with van der Waals surface area (Å²) in [6, 6.07) is 8.60. The average molecular weight is 309 g/mol. The highest BCUT2D eigenvalue weighted by atomic mass is 32.2. The minimum Gasteiger partial charge on any atom is -0.374 e. The maximum Gasteiger partial charge on any atom is 0.218 e. The van der Waals surface area contributed by atoms with E-state index >= 15 is 0 Å². The smallest absolute Gasteiger partial charge is 0.218 e.